The Morgan fingerprint density at radius 1 is 1.05 bits per heavy atom. The second-order valence-electron chi connectivity index (χ2n) is 5.11. The van der Waals surface area contributed by atoms with Gasteiger partial charge in [0.1, 0.15) is 0 Å². The summed E-state index contributed by atoms with van der Waals surface area (Å²) in [5, 5.41) is 0. The third-order valence-electron chi connectivity index (χ3n) is 4.20. The molecule has 0 atom stereocenters. The van der Waals surface area contributed by atoms with Gasteiger partial charge in [0.05, 0.1) is 14.2 Å². The van der Waals surface area contributed by atoms with Gasteiger partial charge < -0.3 is 27.6 Å². The molecule has 3 nitrogen and oxygen atoms in total. The third-order valence-corrected chi connectivity index (χ3v) is 4.20. The van der Waals surface area contributed by atoms with E-state index in [1.165, 1.54) is 37.7 Å². The van der Waals surface area contributed by atoms with Crippen LogP contribution in [0, 0.1) is 0 Å². The first-order valence-corrected chi connectivity index (χ1v) is 6.68. The van der Waals surface area contributed by atoms with Crippen molar-refractivity contribution in [2.45, 2.75) is 37.5 Å². The van der Waals surface area contributed by atoms with Gasteiger partial charge >= 0.3 is 0 Å². The molecule has 2 rings (SSSR count). The molecule has 0 unspecified atom stereocenters. The molecule has 0 aromatic heterocycles. The van der Waals surface area contributed by atoms with Crippen LogP contribution in [0.4, 0.5) is 0 Å². The number of nitrogens with two attached hydrogens (primary N) is 1. The van der Waals surface area contributed by atoms with Gasteiger partial charge in [-0.05, 0) is 30.5 Å². The van der Waals surface area contributed by atoms with Crippen molar-refractivity contribution in [3.8, 4) is 11.5 Å². The Labute approximate surface area is 121 Å². The number of methoxy groups -OCH3 is 2. The van der Waals surface area contributed by atoms with E-state index in [0.717, 1.165) is 11.5 Å². The second-order valence-corrected chi connectivity index (χ2v) is 5.11. The first-order chi connectivity index (χ1) is 8.75. The fourth-order valence-corrected chi connectivity index (χ4v) is 3.01. The summed E-state index contributed by atoms with van der Waals surface area (Å²) in [6.45, 7) is 0.711. The zero-order valence-electron chi connectivity index (χ0n) is 11.7. The van der Waals surface area contributed by atoms with Gasteiger partial charge in [-0.2, -0.15) is 0 Å². The summed E-state index contributed by atoms with van der Waals surface area (Å²) >= 11 is 0. The molecule has 0 heterocycles. The Bertz CT molecular complexity index is 403. The summed E-state index contributed by atoms with van der Waals surface area (Å²) in [5.41, 5.74) is 7.49. The third kappa shape index (κ3) is 3.15. The number of halogens is 1. The second kappa shape index (κ2) is 7.01. The zero-order chi connectivity index (χ0) is 13.0. The van der Waals surface area contributed by atoms with Crippen LogP contribution in [0.1, 0.15) is 37.7 Å². The van der Waals surface area contributed by atoms with Crippen LogP contribution in [0.5, 0.6) is 11.5 Å². The lowest BCUT2D eigenvalue weighted by Gasteiger charge is -2.37. The van der Waals surface area contributed by atoms with Crippen molar-refractivity contribution in [1.82, 2.24) is 0 Å². The maximum Gasteiger partial charge on any atom is 0.161 e. The Hall–Kier alpha value is -0.930. The molecule has 1 aliphatic carbocycles. The standard InChI is InChI=1S/C15H23NO2.ClH/c1-17-13-7-6-12(10-14(13)18-2)15(11-16)8-4-3-5-9-15;/h6-7,10H,3-5,8-9,11,16H2,1-2H3;1H/p-1. The summed E-state index contributed by atoms with van der Waals surface area (Å²) in [6, 6.07) is 6.22. The van der Waals surface area contributed by atoms with Crippen LogP contribution in [-0.4, -0.2) is 20.8 Å². The fraction of sp³-hybridized carbons (Fsp3) is 0.600. The van der Waals surface area contributed by atoms with Gasteiger partial charge in [0.25, 0.3) is 0 Å². The van der Waals surface area contributed by atoms with Crippen LogP contribution in [0.25, 0.3) is 0 Å². The van der Waals surface area contributed by atoms with Gasteiger partial charge in [0.2, 0.25) is 0 Å². The molecule has 1 aromatic rings. The van der Waals surface area contributed by atoms with E-state index in [2.05, 4.69) is 12.1 Å². The lowest BCUT2D eigenvalue weighted by atomic mass is 9.69. The normalized spacial score (nSPS) is 17.4. The fourth-order valence-electron chi connectivity index (χ4n) is 3.01. The smallest absolute Gasteiger partial charge is 0.161 e. The molecular weight excluding hydrogens is 262 g/mol. The number of hydrogen-bond donors (Lipinski definition) is 1. The molecule has 4 heteroatoms. The van der Waals surface area contributed by atoms with Crippen molar-refractivity contribution in [2.24, 2.45) is 5.73 Å². The number of benzene rings is 1. The van der Waals surface area contributed by atoms with Gasteiger partial charge in [0, 0.05) is 12.0 Å². The van der Waals surface area contributed by atoms with E-state index in [0.29, 0.717) is 6.54 Å². The molecule has 1 aliphatic rings. The molecule has 1 aromatic carbocycles. The van der Waals surface area contributed by atoms with Crippen molar-refractivity contribution < 1.29 is 21.9 Å². The van der Waals surface area contributed by atoms with Crippen molar-refractivity contribution in [1.29, 1.82) is 0 Å². The topological polar surface area (TPSA) is 44.5 Å². The van der Waals surface area contributed by atoms with E-state index < -0.39 is 0 Å². The summed E-state index contributed by atoms with van der Waals surface area (Å²) < 4.78 is 10.7. The summed E-state index contributed by atoms with van der Waals surface area (Å²) in [4.78, 5) is 0. The minimum Gasteiger partial charge on any atom is -1.00 e. The highest BCUT2D eigenvalue weighted by Gasteiger charge is 2.33. The molecule has 0 bridgehead atoms. The van der Waals surface area contributed by atoms with Crippen molar-refractivity contribution in [2.75, 3.05) is 20.8 Å². The van der Waals surface area contributed by atoms with Crippen molar-refractivity contribution >= 4 is 0 Å². The summed E-state index contributed by atoms with van der Waals surface area (Å²) in [5.74, 6) is 1.58. The molecule has 108 valence electrons. The number of rotatable bonds is 4. The van der Waals surface area contributed by atoms with Crippen LogP contribution in [-0.2, 0) is 5.41 Å². The van der Waals surface area contributed by atoms with E-state index >= 15 is 0 Å². The molecule has 0 amide bonds. The predicted octanol–water partition coefficient (Wildman–Crippen LogP) is -0.132. The van der Waals surface area contributed by atoms with E-state index in [9.17, 15) is 0 Å². The van der Waals surface area contributed by atoms with Gasteiger partial charge in [-0.1, -0.05) is 25.3 Å². The molecule has 1 saturated carbocycles. The molecule has 19 heavy (non-hydrogen) atoms. The number of ether oxygens (including phenoxy) is 2. The molecule has 1 fully saturated rings. The molecule has 0 aliphatic heterocycles. The molecule has 0 saturated heterocycles. The SMILES string of the molecule is COc1ccc(C2(CN)CCCCC2)cc1OC.[Cl-]. The molecule has 0 spiro atoms. The van der Waals surface area contributed by atoms with Crippen molar-refractivity contribution in [3.63, 3.8) is 0 Å². The van der Waals surface area contributed by atoms with Gasteiger partial charge in [-0.3, -0.25) is 0 Å². The van der Waals surface area contributed by atoms with E-state index in [1.807, 2.05) is 6.07 Å². The lowest BCUT2D eigenvalue weighted by Crippen LogP contribution is -3.00. The average Bonchev–Trinajstić information content (AvgIpc) is 2.47. The average molecular weight is 285 g/mol. The minimum absolute atomic E-state index is 0. The van der Waals surface area contributed by atoms with E-state index in [4.69, 9.17) is 15.2 Å². The highest BCUT2D eigenvalue weighted by molar-refractivity contribution is 5.45. The molecular formula is C15H23ClNO2-. The Kier molecular flexibility index (Phi) is 5.95. The molecule has 0 radical (unpaired) electrons. The number of hydrogen-bond acceptors (Lipinski definition) is 3. The predicted molar refractivity (Wildman–Crippen MR) is 73.4 cm³/mol. The maximum atomic E-state index is 6.06. The maximum absolute atomic E-state index is 6.06. The Balaban J connectivity index is 0.00000180. The summed E-state index contributed by atoms with van der Waals surface area (Å²) in [7, 11) is 3.34. The van der Waals surface area contributed by atoms with Gasteiger partial charge in [-0.15, -0.1) is 0 Å². The van der Waals surface area contributed by atoms with E-state index in [1.54, 1.807) is 14.2 Å². The largest absolute Gasteiger partial charge is 1.00 e. The van der Waals surface area contributed by atoms with Crippen LogP contribution in [0.3, 0.4) is 0 Å². The van der Waals surface area contributed by atoms with Crippen molar-refractivity contribution in [3.05, 3.63) is 23.8 Å². The minimum atomic E-state index is 0. The Morgan fingerprint density at radius 3 is 2.21 bits per heavy atom. The first kappa shape index (κ1) is 16.1. The van der Waals surface area contributed by atoms with Crippen LogP contribution in [0.15, 0.2) is 18.2 Å². The van der Waals surface area contributed by atoms with Gasteiger partial charge in [-0.25, -0.2) is 0 Å². The van der Waals surface area contributed by atoms with Gasteiger partial charge in [0.15, 0.2) is 11.5 Å². The highest BCUT2D eigenvalue weighted by Crippen LogP contribution is 2.41. The zero-order valence-corrected chi connectivity index (χ0v) is 12.5. The lowest BCUT2D eigenvalue weighted by molar-refractivity contribution is -0.00000443. The quantitative estimate of drug-likeness (QED) is 0.838. The van der Waals surface area contributed by atoms with E-state index in [-0.39, 0.29) is 17.8 Å². The first-order valence-electron chi connectivity index (χ1n) is 6.68. The highest BCUT2D eigenvalue weighted by atomic mass is 35.5. The monoisotopic (exact) mass is 284 g/mol. The summed E-state index contributed by atoms with van der Waals surface area (Å²) in [6.07, 6.45) is 6.23. The van der Waals surface area contributed by atoms with Crippen LogP contribution >= 0.6 is 0 Å². The molecule has 2 N–H and O–H groups in total. The Morgan fingerprint density at radius 2 is 1.68 bits per heavy atom. The van der Waals surface area contributed by atoms with Crippen LogP contribution < -0.4 is 27.6 Å². The van der Waals surface area contributed by atoms with Crippen LogP contribution in [0.2, 0.25) is 0 Å².